The second kappa shape index (κ2) is 17.1. The molecule has 334 valence electrons. The van der Waals surface area contributed by atoms with E-state index in [1.54, 1.807) is 0 Å². The van der Waals surface area contributed by atoms with Crippen molar-refractivity contribution in [1.82, 2.24) is 9.55 Å². The van der Waals surface area contributed by atoms with Crippen LogP contribution in [0.3, 0.4) is 0 Å². The smallest absolute Gasteiger partial charge is 0.135 e. The van der Waals surface area contributed by atoms with Crippen LogP contribution < -0.4 is 14.5 Å². The molecular formula is C60H55N4OPt-3. The fraction of sp³-hybridized carbons (Fsp3) is 0.200. The molecule has 2 aromatic heterocycles. The summed E-state index contributed by atoms with van der Waals surface area (Å²) in [4.78, 5) is 9.50. The number of rotatable bonds is 7. The molecule has 0 amide bonds. The molecule has 0 saturated heterocycles. The first kappa shape index (κ1) is 44.8. The minimum absolute atomic E-state index is 0. The number of fused-ring (bicyclic) bond motifs is 4. The van der Waals surface area contributed by atoms with Crippen LogP contribution in [0, 0.1) is 18.8 Å². The number of pyridine rings is 1. The Morgan fingerprint density at radius 1 is 0.485 bits per heavy atom. The molecule has 0 atom stereocenters. The molecular weight excluding hydrogens is 988 g/mol. The average Bonchev–Trinajstić information content (AvgIpc) is 3.84. The van der Waals surface area contributed by atoms with E-state index in [-0.39, 0.29) is 37.3 Å². The first-order valence-electron chi connectivity index (χ1n) is 22.6. The van der Waals surface area contributed by atoms with E-state index in [9.17, 15) is 0 Å². The molecule has 0 bridgehead atoms. The summed E-state index contributed by atoms with van der Waals surface area (Å²) < 4.78 is 9.10. The average molecular weight is 1040 g/mol. The van der Waals surface area contributed by atoms with Gasteiger partial charge in [-0.15, -0.1) is 53.6 Å². The summed E-state index contributed by atoms with van der Waals surface area (Å²) in [5, 5.41) is 2.22. The molecule has 7 aromatic carbocycles. The van der Waals surface area contributed by atoms with Gasteiger partial charge in [-0.25, -0.2) is 4.98 Å². The van der Waals surface area contributed by atoms with E-state index in [4.69, 9.17) is 9.72 Å². The number of benzene rings is 7. The van der Waals surface area contributed by atoms with Crippen molar-refractivity contribution in [3.05, 3.63) is 199 Å². The third kappa shape index (κ3) is 8.58. The van der Waals surface area contributed by atoms with Crippen LogP contribution in [-0.2, 0) is 37.3 Å². The third-order valence-electron chi connectivity index (χ3n) is 12.6. The molecule has 0 aliphatic carbocycles. The van der Waals surface area contributed by atoms with Gasteiger partial charge < -0.3 is 19.1 Å². The summed E-state index contributed by atoms with van der Waals surface area (Å²) in [5.74, 6) is 2.03. The molecule has 0 radical (unpaired) electrons. The molecule has 5 nitrogen and oxygen atoms in total. The van der Waals surface area contributed by atoms with Crippen molar-refractivity contribution >= 4 is 44.6 Å². The fourth-order valence-electron chi connectivity index (χ4n) is 8.81. The van der Waals surface area contributed by atoms with Crippen LogP contribution in [-0.4, -0.2) is 9.55 Å². The Morgan fingerprint density at radius 3 is 1.80 bits per heavy atom. The van der Waals surface area contributed by atoms with Crippen molar-refractivity contribution in [2.24, 2.45) is 0 Å². The van der Waals surface area contributed by atoms with Crippen molar-refractivity contribution in [2.45, 2.75) is 78.6 Å². The molecule has 0 spiro atoms. The van der Waals surface area contributed by atoms with Crippen LogP contribution in [0.25, 0.3) is 49.9 Å². The van der Waals surface area contributed by atoms with E-state index in [0.717, 1.165) is 61.5 Å². The summed E-state index contributed by atoms with van der Waals surface area (Å²) in [5.41, 5.74) is 14.2. The zero-order valence-electron chi connectivity index (χ0n) is 39.2. The van der Waals surface area contributed by atoms with Crippen LogP contribution in [0.5, 0.6) is 11.5 Å². The molecule has 1 aliphatic rings. The molecule has 0 saturated carbocycles. The van der Waals surface area contributed by atoms with Crippen molar-refractivity contribution in [3.8, 4) is 39.6 Å². The first-order chi connectivity index (χ1) is 31.1. The van der Waals surface area contributed by atoms with Crippen molar-refractivity contribution in [3.63, 3.8) is 0 Å². The SMILES string of the molecule is CC(C)(C)c1cc(-c2ccccc2)cc(N2[CH-]N(c3[c-]c(Oc4[c-]c5c(cc4)c4ccccc4n5-c4cc(C(C)(C)C)ccn4)cc(-c4ccccc4)c3)c3ccc(C(C)(C)C)cc32)c1.[Pt]. The summed E-state index contributed by atoms with van der Waals surface area (Å²) in [6, 6.07) is 63.7. The van der Waals surface area contributed by atoms with E-state index in [2.05, 4.69) is 247 Å². The summed E-state index contributed by atoms with van der Waals surface area (Å²) in [6.45, 7) is 22.6. The van der Waals surface area contributed by atoms with Gasteiger partial charge in [0.15, 0.2) is 0 Å². The monoisotopic (exact) mass is 1040 g/mol. The molecule has 66 heavy (non-hydrogen) atoms. The summed E-state index contributed by atoms with van der Waals surface area (Å²) in [7, 11) is 0. The maximum absolute atomic E-state index is 6.90. The minimum atomic E-state index is -0.0690. The Balaban J connectivity index is 0.00000548. The van der Waals surface area contributed by atoms with E-state index in [1.165, 1.54) is 27.8 Å². The summed E-state index contributed by atoms with van der Waals surface area (Å²) >= 11 is 0. The molecule has 1 aliphatic heterocycles. The van der Waals surface area contributed by atoms with Crippen LogP contribution in [0.2, 0.25) is 0 Å². The molecule has 9 aromatic rings. The van der Waals surface area contributed by atoms with Crippen LogP contribution in [0.15, 0.2) is 164 Å². The van der Waals surface area contributed by atoms with Gasteiger partial charge in [-0.1, -0.05) is 159 Å². The number of aromatic nitrogens is 2. The Kier molecular flexibility index (Phi) is 11.6. The second-order valence-electron chi connectivity index (χ2n) is 20.4. The van der Waals surface area contributed by atoms with E-state index in [1.807, 2.05) is 12.3 Å². The van der Waals surface area contributed by atoms with Gasteiger partial charge in [0.25, 0.3) is 0 Å². The fourth-order valence-corrected chi connectivity index (χ4v) is 8.81. The van der Waals surface area contributed by atoms with Gasteiger partial charge in [0.2, 0.25) is 0 Å². The standard InChI is InChI=1S/C60H55N4O.Pt/c1-58(2,3)44-24-27-54-56(35-44)63(47-31-42(40-18-12-10-13-19-40)30-46(34-47)60(7,8)9)39-62(54)48-32-43(41-20-14-11-15-21-41)33-50(37-48)65-49-25-26-52-51-22-16-17-23-53(51)64(55(52)38-49)57-36-45(28-29-61-57)59(4,5)6;/h10-36,39H,1-9H3;/q-3;. The largest absolute Gasteiger partial charge is 0.509 e. The number of hydrogen-bond donors (Lipinski definition) is 0. The zero-order valence-corrected chi connectivity index (χ0v) is 41.5. The van der Waals surface area contributed by atoms with Gasteiger partial charge in [0.05, 0.1) is 0 Å². The predicted octanol–water partition coefficient (Wildman–Crippen LogP) is 16.2. The number of hydrogen-bond acceptors (Lipinski definition) is 4. The van der Waals surface area contributed by atoms with Crippen molar-refractivity contribution in [2.75, 3.05) is 9.80 Å². The van der Waals surface area contributed by atoms with E-state index >= 15 is 0 Å². The number of anilines is 4. The normalized spacial score (nSPS) is 13.0. The van der Waals surface area contributed by atoms with Crippen molar-refractivity contribution < 1.29 is 25.8 Å². The van der Waals surface area contributed by atoms with Gasteiger partial charge in [-0.3, -0.25) is 0 Å². The van der Waals surface area contributed by atoms with Gasteiger partial charge in [0, 0.05) is 61.3 Å². The van der Waals surface area contributed by atoms with Crippen LogP contribution >= 0.6 is 0 Å². The molecule has 0 fully saturated rings. The first-order valence-corrected chi connectivity index (χ1v) is 22.6. The summed E-state index contributed by atoms with van der Waals surface area (Å²) in [6.07, 6.45) is 1.91. The van der Waals surface area contributed by atoms with Gasteiger partial charge >= 0.3 is 0 Å². The Morgan fingerprint density at radius 2 is 1.12 bits per heavy atom. The zero-order chi connectivity index (χ0) is 45.3. The quantitative estimate of drug-likeness (QED) is 0.149. The van der Waals surface area contributed by atoms with Crippen LogP contribution in [0.4, 0.5) is 22.7 Å². The van der Waals surface area contributed by atoms with Crippen molar-refractivity contribution in [1.29, 1.82) is 0 Å². The van der Waals surface area contributed by atoms with E-state index < -0.39 is 0 Å². The topological polar surface area (TPSA) is 33.5 Å². The Bertz CT molecular complexity index is 3220. The van der Waals surface area contributed by atoms with Crippen LogP contribution in [0.1, 0.15) is 79.0 Å². The second-order valence-corrected chi connectivity index (χ2v) is 20.4. The minimum Gasteiger partial charge on any atom is -0.509 e. The number of nitrogens with zero attached hydrogens (tertiary/aromatic N) is 4. The molecule has 10 rings (SSSR count). The number of para-hydroxylation sites is 1. The Hall–Kier alpha value is -6.42. The molecule has 6 heteroatoms. The van der Waals surface area contributed by atoms with E-state index in [0.29, 0.717) is 11.5 Å². The Labute approximate surface area is 405 Å². The van der Waals surface area contributed by atoms with Gasteiger partial charge in [-0.05, 0) is 97.5 Å². The third-order valence-corrected chi connectivity index (χ3v) is 12.6. The maximum Gasteiger partial charge on any atom is 0.135 e. The maximum atomic E-state index is 6.90. The predicted molar refractivity (Wildman–Crippen MR) is 271 cm³/mol. The number of ether oxygens (including phenoxy) is 1. The molecule has 0 unspecified atom stereocenters. The molecule has 3 heterocycles. The molecule has 0 N–H and O–H groups in total. The van der Waals surface area contributed by atoms with Gasteiger partial charge in [-0.2, -0.15) is 6.07 Å². The van der Waals surface area contributed by atoms with Gasteiger partial charge in [0.1, 0.15) is 5.82 Å².